The quantitative estimate of drug-likeness (QED) is 0.651. The zero-order chi connectivity index (χ0) is 16.6. The molecular weight excluding hydrogens is 356 g/mol. The van der Waals surface area contributed by atoms with Crippen LogP contribution in [-0.4, -0.2) is 16.7 Å². The Morgan fingerprint density at radius 1 is 1.17 bits per heavy atom. The van der Waals surface area contributed by atoms with Gasteiger partial charge in [-0.3, -0.25) is 9.59 Å². The Balaban J connectivity index is 1.73. The molecule has 23 heavy (non-hydrogen) atoms. The van der Waals surface area contributed by atoms with Crippen molar-refractivity contribution in [2.75, 3.05) is 0 Å². The first kappa shape index (κ1) is 15.9. The van der Waals surface area contributed by atoms with Crippen LogP contribution in [-0.2, 0) is 17.6 Å². The van der Waals surface area contributed by atoms with E-state index in [0.29, 0.717) is 17.3 Å². The summed E-state index contributed by atoms with van der Waals surface area (Å²) in [6, 6.07) is 11.4. The summed E-state index contributed by atoms with van der Waals surface area (Å²) in [5.41, 5.74) is 3.46. The first-order chi connectivity index (χ1) is 11.0. The first-order valence-corrected chi connectivity index (χ1v) is 8.37. The summed E-state index contributed by atoms with van der Waals surface area (Å²) in [6.07, 6.45) is 1.24. The molecule has 0 aromatic heterocycles. The number of carbonyl (C=O) groups is 2. The van der Waals surface area contributed by atoms with Crippen LogP contribution in [0.4, 0.5) is 0 Å². The van der Waals surface area contributed by atoms with Gasteiger partial charge in [-0.2, -0.15) is 0 Å². The Morgan fingerprint density at radius 3 is 2.39 bits per heavy atom. The third-order valence-electron chi connectivity index (χ3n) is 4.35. The van der Waals surface area contributed by atoms with E-state index in [1.54, 1.807) is 12.1 Å². The molecule has 0 fully saturated rings. The van der Waals surface area contributed by atoms with Crippen LogP contribution in [0.25, 0.3) is 0 Å². The van der Waals surface area contributed by atoms with Gasteiger partial charge in [0.05, 0.1) is 16.5 Å². The van der Waals surface area contributed by atoms with Crippen molar-refractivity contribution in [1.29, 1.82) is 0 Å². The number of hydrogen-bond donors (Lipinski definition) is 1. The maximum atomic E-state index is 12.5. The number of phenolic OH excluding ortho intramolecular Hbond substituents is 1. The van der Waals surface area contributed by atoms with Gasteiger partial charge in [0, 0.05) is 5.92 Å². The maximum absolute atomic E-state index is 12.5. The van der Waals surface area contributed by atoms with Crippen molar-refractivity contribution in [3.8, 4) is 5.75 Å². The van der Waals surface area contributed by atoms with Crippen molar-refractivity contribution < 1.29 is 14.7 Å². The van der Waals surface area contributed by atoms with E-state index in [9.17, 15) is 14.7 Å². The molecule has 0 heterocycles. The second-order valence-electron chi connectivity index (χ2n) is 6.08. The van der Waals surface area contributed by atoms with Crippen LogP contribution in [0.3, 0.4) is 0 Å². The van der Waals surface area contributed by atoms with Gasteiger partial charge in [-0.25, -0.2) is 0 Å². The van der Waals surface area contributed by atoms with Crippen molar-refractivity contribution in [3.63, 3.8) is 0 Å². The lowest BCUT2D eigenvalue weighted by atomic mass is 9.94. The lowest BCUT2D eigenvalue weighted by Crippen LogP contribution is -2.19. The molecule has 0 atom stereocenters. The molecule has 2 aromatic rings. The monoisotopic (exact) mass is 372 g/mol. The lowest BCUT2D eigenvalue weighted by molar-refractivity contribution is -0.121. The van der Waals surface area contributed by atoms with Crippen molar-refractivity contribution >= 4 is 27.5 Å². The number of aryl methyl sites for hydroxylation is 1. The van der Waals surface area contributed by atoms with Gasteiger partial charge < -0.3 is 5.11 Å². The van der Waals surface area contributed by atoms with Crippen LogP contribution in [0.5, 0.6) is 5.75 Å². The summed E-state index contributed by atoms with van der Waals surface area (Å²) < 4.78 is 0.474. The van der Waals surface area contributed by atoms with E-state index in [4.69, 9.17) is 0 Å². The molecule has 0 saturated heterocycles. The SMILES string of the molecule is Cc1cc(Br)c(O)c(C(=O)CC(=O)C2Cc3ccccc3C2)c1. The molecule has 0 unspecified atom stereocenters. The highest BCUT2D eigenvalue weighted by Gasteiger charge is 2.29. The highest BCUT2D eigenvalue weighted by molar-refractivity contribution is 9.10. The standard InChI is InChI=1S/C19H17BrO3/c1-11-6-15(19(23)16(20)7-11)18(22)10-17(21)14-8-12-4-2-3-5-13(12)9-14/h2-7,14,23H,8-10H2,1H3. The van der Waals surface area contributed by atoms with Gasteiger partial charge in [0.25, 0.3) is 0 Å². The van der Waals surface area contributed by atoms with Crippen LogP contribution in [0.2, 0.25) is 0 Å². The van der Waals surface area contributed by atoms with Crippen molar-refractivity contribution in [2.24, 2.45) is 5.92 Å². The van der Waals surface area contributed by atoms with Crippen LogP contribution < -0.4 is 0 Å². The first-order valence-electron chi connectivity index (χ1n) is 7.57. The maximum Gasteiger partial charge on any atom is 0.174 e. The molecular formula is C19H17BrO3. The third kappa shape index (κ3) is 3.22. The fraction of sp³-hybridized carbons (Fsp3) is 0.263. The summed E-state index contributed by atoms with van der Waals surface area (Å²) in [6.45, 7) is 1.84. The molecule has 2 aromatic carbocycles. The second kappa shape index (κ2) is 6.28. The Labute approximate surface area is 143 Å². The molecule has 3 nitrogen and oxygen atoms in total. The van der Waals surface area contributed by atoms with Crippen molar-refractivity contribution in [1.82, 2.24) is 0 Å². The van der Waals surface area contributed by atoms with Gasteiger partial charge in [-0.1, -0.05) is 24.3 Å². The number of aromatic hydroxyl groups is 1. The van der Waals surface area contributed by atoms with Crippen LogP contribution in [0.15, 0.2) is 40.9 Å². The minimum absolute atomic E-state index is 0.0526. The molecule has 0 saturated carbocycles. The number of ketones is 2. The third-order valence-corrected chi connectivity index (χ3v) is 4.95. The molecule has 0 radical (unpaired) electrons. The molecule has 1 N–H and O–H groups in total. The van der Waals surface area contributed by atoms with E-state index in [1.807, 2.05) is 31.2 Å². The molecule has 0 bridgehead atoms. The van der Waals surface area contributed by atoms with Gasteiger partial charge in [0.1, 0.15) is 11.5 Å². The number of Topliss-reactive ketones (excluding diaryl/α,β-unsaturated/α-hetero) is 2. The molecule has 1 aliphatic carbocycles. The summed E-state index contributed by atoms with van der Waals surface area (Å²) in [7, 11) is 0. The number of halogens is 1. The molecule has 3 rings (SSSR count). The number of benzene rings is 2. The van der Waals surface area contributed by atoms with Crippen LogP contribution in [0.1, 0.15) is 33.5 Å². The van der Waals surface area contributed by atoms with Gasteiger partial charge in [0.2, 0.25) is 0 Å². The van der Waals surface area contributed by atoms with E-state index in [-0.39, 0.29) is 35.2 Å². The van der Waals surface area contributed by atoms with E-state index in [1.165, 1.54) is 11.1 Å². The van der Waals surface area contributed by atoms with E-state index < -0.39 is 0 Å². The fourth-order valence-electron chi connectivity index (χ4n) is 3.13. The molecule has 0 spiro atoms. The molecule has 1 aliphatic rings. The normalized spacial score (nSPS) is 13.8. The summed E-state index contributed by atoms with van der Waals surface area (Å²) in [5, 5.41) is 10.0. The van der Waals surface area contributed by atoms with Crippen molar-refractivity contribution in [2.45, 2.75) is 26.2 Å². The number of carbonyl (C=O) groups excluding carboxylic acids is 2. The predicted molar refractivity (Wildman–Crippen MR) is 91.8 cm³/mol. The number of hydrogen-bond acceptors (Lipinski definition) is 3. The highest BCUT2D eigenvalue weighted by Crippen LogP contribution is 2.32. The summed E-state index contributed by atoms with van der Waals surface area (Å²) in [5.74, 6) is -0.606. The van der Waals surface area contributed by atoms with Crippen molar-refractivity contribution in [3.05, 3.63) is 63.1 Å². The van der Waals surface area contributed by atoms with E-state index in [2.05, 4.69) is 15.9 Å². The van der Waals surface area contributed by atoms with E-state index >= 15 is 0 Å². The number of phenols is 1. The van der Waals surface area contributed by atoms with Crippen LogP contribution in [0, 0.1) is 12.8 Å². The number of rotatable bonds is 4. The average molecular weight is 373 g/mol. The topological polar surface area (TPSA) is 54.4 Å². The Morgan fingerprint density at radius 2 is 1.78 bits per heavy atom. The van der Waals surface area contributed by atoms with Gasteiger partial charge >= 0.3 is 0 Å². The van der Waals surface area contributed by atoms with Crippen LogP contribution >= 0.6 is 15.9 Å². The average Bonchev–Trinajstić information content (AvgIpc) is 2.94. The Bertz CT molecular complexity index is 770. The van der Waals surface area contributed by atoms with Gasteiger partial charge in [-0.05, 0) is 64.5 Å². The zero-order valence-corrected chi connectivity index (χ0v) is 14.4. The largest absolute Gasteiger partial charge is 0.506 e. The predicted octanol–water partition coefficient (Wildman–Crippen LogP) is 4.02. The second-order valence-corrected chi connectivity index (χ2v) is 6.94. The lowest BCUT2D eigenvalue weighted by Gasteiger charge is -2.10. The fourth-order valence-corrected chi connectivity index (χ4v) is 3.71. The molecule has 4 heteroatoms. The minimum Gasteiger partial charge on any atom is -0.506 e. The van der Waals surface area contributed by atoms with Gasteiger partial charge in [0.15, 0.2) is 5.78 Å². The smallest absolute Gasteiger partial charge is 0.174 e. The Hall–Kier alpha value is -1.94. The molecule has 0 aliphatic heterocycles. The molecule has 118 valence electrons. The van der Waals surface area contributed by atoms with E-state index in [0.717, 1.165) is 5.56 Å². The Kier molecular flexibility index (Phi) is 4.35. The summed E-state index contributed by atoms with van der Waals surface area (Å²) in [4.78, 5) is 24.9. The number of fused-ring (bicyclic) bond motifs is 1. The minimum atomic E-state index is -0.326. The molecule has 0 amide bonds. The summed E-state index contributed by atoms with van der Waals surface area (Å²) >= 11 is 3.23. The zero-order valence-electron chi connectivity index (χ0n) is 12.8. The van der Waals surface area contributed by atoms with Gasteiger partial charge in [-0.15, -0.1) is 0 Å². The highest BCUT2D eigenvalue weighted by atomic mass is 79.9.